The highest BCUT2D eigenvalue weighted by molar-refractivity contribution is 5.18. The SMILES string of the molecule is C=C(N)/C=C\C(=C)OC(F)(F)F. The molecule has 0 aliphatic carbocycles. The number of rotatable bonds is 3. The van der Waals surface area contributed by atoms with Gasteiger partial charge in [-0.15, -0.1) is 13.2 Å². The van der Waals surface area contributed by atoms with Gasteiger partial charge >= 0.3 is 6.36 Å². The van der Waals surface area contributed by atoms with Crippen LogP contribution in [-0.2, 0) is 4.74 Å². The molecule has 2 nitrogen and oxygen atoms in total. The largest absolute Gasteiger partial charge is 0.573 e. The van der Waals surface area contributed by atoms with Crippen LogP contribution in [0.3, 0.4) is 0 Å². The van der Waals surface area contributed by atoms with E-state index in [1.165, 1.54) is 0 Å². The average molecular weight is 179 g/mol. The highest BCUT2D eigenvalue weighted by Crippen LogP contribution is 2.20. The standard InChI is InChI=1S/C7H8F3NO/c1-5(11)3-4-6(2)12-7(8,9)10/h3-4H,1-2,11H2/b4-3-. The first kappa shape index (κ1) is 10.6. The zero-order valence-electron chi connectivity index (χ0n) is 6.19. The Morgan fingerprint density at radius 2 is 1.75 bits per heavy atom. The maximum absolute atomic E-state index is 11.5. The fourth-order valence-corrected chi connectivity index (χ4v) is 0.383. The monoisotopic (exact) mass is 179 g/mol. The van der Waals surface area contributed by atoms with Gasteiger partial charge in [0.1, 0.15) is 5.76 Å². The van der Waals surface area contributed by atoms with Crippen molar-refractivity contribution >= 4 is 0 Å². The van der Waals surface area contributed by atoms with E-state index < -0.39 is 12.1 Å². The number of hydrogen-bond acceptors (Lipinski definition) is 2. The molecule has 0 unspecified atom stereocenters. The first-order valence-electron chi connectivity index (χ1n) is 2.88. The van der Waals surface area contributed by atoms with E-state index >= 15 is 0 Å². The molecule has 0 saturated heterocycles. The molecule has 0 aromatic carbocycles. The van der Waals surface area contributed by atoms with E-state index in [2.05, 4.69) is 17.9 Å². The Bertz CT molecular complexity index is 217. The number of hydrogen-bond donors (Lipinski definition) is 1. The third-order valence-electron chi connectivity index (χ3n) is 0.730. The molecule has 0 spiro atoms. The Hall–Kier alpha value is -1.39. The Labute approximate surface area is 67.8 Å². The van der Waals surface area contributed by atoms with Crippen molar-refractivity contribution in [3.63, 3.8) is 0 Å². The smallest absolute Gasteiger partial charge is 0.406 e. The van der Waals surface area contributed by atoms with Crippen molar-refractivity contribution in [1.82, 2.24) is 0 Å². The molecule has 0 heterocycles. The van der Waals surface area contributed by atoms with Crippen molar-refractivity contribution in [2.45, 2.75) is 6.36 Å². The second-order valence-electron chi connectivity index (χ2n) is 1.92. The lowest BCUT2D eigenvalue weighted by atomic mass is 10.4. The maximum atomic E-state index is 11.5. The van der Waals surface area contributed by atoms with E-state index in [0.29, 0.717) is 0 Å². The van der Waals surface area contributed by atoms with Gasteiger partial charge in [-0.3, -0.25) is 0 Å². The molecular weight excluding hydrogens is 171 g/mol. The number of halogens is 3. The van der Waals surface area contributed by atoms with Crippen molar-refractivity contribution in [2.24, 2.45) is 5.73 Å². The Kier molecular flexibility index (Phi) is 3.40. The first-order chi connectivity index (χ1) is 5.31. The lowest BCUT2D eigenvalue weighted by Crippen LogP contribution is -2.11. The van der Waals surface area contributed by atoms with Crippen LogP contribution in [0, 0.1) is 0 Å². The summed E-state index contributed by atoms with van der Waals surface area (Å²) in [6.07, 6.45) is -2.57. The number of ether oxygens (including phenoxy) is 1. The molecule has 0 bridgehead atoms. The van der Waals surface area contributed by atoms with E-state index in [0.717, 1.165) is 12.2 Å². The molecule has 2 N–H and O–H groups in total. The van der Waals surface area contributed by atoms with Gasteiger partial charge in [0.15, 0.2) is 0 Å². The predicted molar refractivity (Wildman–Crippen MR) is 38.7 cm³/mol. The molecule has 0 amide bonds. The second-order valence-corrected chi connectivity index (χ2v) is 1.92. The van der Waals surface area contributed by atoms with E-state index in [1.807, 2.05) is 0 Å². The molecule has 5 heteroatoms. The van der Waals surface area contributed by atoms with Crippen LogP contribution in [0.1, 0.15) is 0 Å². The number of nitrogens with two attached hydrogens (primary N) is 1. The highest BCUT2D eigenvalue weighted by Gasteiger charge is 2.30. The van der Waals surface area contributed by atoms with Gasteiger partial charge in [-0.05, 0) is 12.2 Å². The Balaban J connectivity index is 3.99. The van der Waals surface area contributed by atoms with Crippen LogP contribution in [0.25, 0.3) is 0 Å². The topological polar surface area (TPSA) is 35.2 Å². The molecule has 0 saturated carbocycles. The maximum Gasteiger partial charge on any atom is 0.573 e. The van der Waals surface area contributed by atoms with Crippen molar-refractivity contribution in [3.05, 3.63) is 36.8 Å². The van der Waals surface area contributed by atoms with Gasteiger partial charge in [-0.25, -0.2) is 0 Å². The van der Waals surface area contributed by atoms with Crippen LogP contribution < -0.4 is 5.73 Å². The van der Waals surface area contributed by atoms with Crippen LogP contribution in [0.5, 0.6) is 0 Å². The number of allylic oxidation sites excluding steroid dienone is 2. The molecule has 0 radical (unpaired) electrons. The summed E-state index contributed by atoms with van der Waals surface area (Å²) >= 11 is 0. The summed E-state index contributed by atoms with van der Waals surface area (Å²) in [6.45, 7) is 6.22. The van der Waals surface area contributed by atoms with Gasteiger partial charge in [-0.2, -0.15) is 0 Å². The minimum atomic E-state index is -4.71. The second kappa shape index (κ2) is 3.85. The molecule has 0 aromatic rings. The zero-order chi connectivity index (χ0) is 9.78. The minimum absolute atomic E-state index is 0.127. The Morgan fingerprint density at radius 3 is 2.08 bits per heavy atom. The lowest BCUT2D eigenvalue weighted by Gasteiger charge is -2.07. The van der Waals surface area contributed by atoms with Crippen LogP contribution in [0.2, 0.25) is 0 Å². The molecule has 0 atom stereocenters. The lowest BCUT2D eigenvalue weighted by molar-refractivity contribution is -0.303. The molecule has 12 heavy (non-hydrogen) atoms. The summed E-state index contributed by atoms with van der Waals surface area (Å²) in [5, 5.41) is 0. The van der Waals surface area contributed by atoms with Gasteiger partial charge in [0, 0.05) is 5.70 Å². The highest BCUT2D eigenvalue weighted by atomic mass is 19.4. The molecule has 0 aromatic heterocycles. The van der Waals surface area contributed by atoms with Crippen molar-refractivity contribution in [2.75, 3.05) is 0 Å². The quantitative estimate of drug-likeness (QED) is 0.531. The van der Waals surface area contributed by atoms with Crippen LogP contribution in [0.4, 0.5) is 13.2 Å². The van der Waals surface area contributed by atoms with E-state index in [9.17, 15) is 13.2 Å². The third kappa shape index (κ3) is 6.73. The minimum Gasteiger partial charge on any atom is -0.406 e. The first-order valence-corrected chi connectivity index (χ1v) is 2.88. The molecule has 0 fully saturated rings. The fraction of sp³-hybridized carbons (Fsp3) is 0.143. The predicted octanol–water partition coefficient (Wildman–Crippen LogP) is 2.07. The summed E-state index contributed by atoms with van der Waals surface area (Å²) in [4.78, 5) is 0. The molecular formula is C7H8F3NO. The molecule has 0 rings (SSSR count). The van der Waals surface area contributed by atoms with Crippen LogP contribution in [0.15, 0.2) is 36.8 Å². The van der Waals surface area contributed by atoms with E-state index in [1.54, 1.807) is 0 Å². The van der Waals surface area contributed by atoms with Gasteiger partial charge in [-0.1, -0.05) is 13.2 Å². The van der Waals surface area contributed by atoms with Gasteiger partial charge < -0.3 is 10.5 Å². The number of alkyl halides is 3. The van der Waals surface area contributed by atoms with Gasteiger partial charge in [0.25, 0.3) is 0 Å². The fourth-order valence-electron chi connectivity index (χ4n) is 0.383. The van der Waals surface area contributed by atoms with Crippen molar-refractivity contribution in [1.29, 1.82) is 0 Å². The van der Waals surface area contributed by atoms with Crippen LogP contribution in [-0.4, -0.2) is 6.36 Å². The summed E-state index contributed by atoms with van der Waals surface area (Å²) in [6, 6.07) is 0. The third-order valence-corrected chi connectivity index (χ3v) is 0.730. The summed E-state index contributed by atoms with van der Waals surface area (Å²) < 4.78 is 37.8. The van der Waals surface area contributed by atoms with Crippen molar-refractivity contribution in [3.8, 4) is 0 Å². The van der Waals surface area contributed by atoms with Gasteiger partial charge in [0.05, 0.1) is 0 Å². The summed E-state index contributed by atoms with van der Waals surface area (Å²) in [5.41, 5.74) is 5.17. The van der Waals surface area contributed by atoms with E-state index in [-0.39, 0.29) is 5.70 Å². The average Bonchev–Trinajstić information content (AvgIpc) is 1.79. The summed E-state index contributed by atoms with van der Waals surface area (Å²) in [7, 11) is 0. The zero-order valence-corrected chi connectivity index (χ0v) is 6.19. The summed E-state index contributed by atoms with van der Waals surface area (Å²) in [5.74, 6) is -0.533. The van der Waals surface area contributed by atoms with Crippen molar-refractivity contribution < 1.29 is 17.9 Å². The molecule has 68 valence electrons. The van der Waals surface area contributed by atoms with E-state index in [4.69, 9.17) is 5.73 Å². The molecule has 0 aliphatic rings. The molecule has 0 aliphatic heterocycles. The van der Waals surface area contributed by atoms with Crippen LogP contribution >= 0.6 is 0 Å². The Morgan fingerprint density at radius 1 is 1.25 bits per heavy atom. The normalized spacial score (nSPS) is 11.6. The van der Waals surface area contributed by atoms with Gasteiger partial charge in [0.2, 0.25) is 0 Å².